The van der Waals surface area contributed by atoms with Crippen LogP contribution >= 0.6 is 0 Å². The first kappa shape index (κ1) is 19.3. The van der Waals surface area contributed by atoms with Gasteiger partial charge in [0.25, 0.3) is 0 Å². The number of benzene rings is 1. The summed E-state index contributed by atoms with van der Waals surface area (Å²) in [5, 5.41) is 2.18. The van der Waals surface area contributed by atoms with E-state index in [4.69, 9.17) is 5.73 Å². The zero-order valence-electron chi connectivity index (χ0n) is 17.4. The molecule has 2 aromatic heterocycles. The Hall–Kier alpha value is -3.68. The number of nitrogens with two attached hydrogens (primary N) is 1. The van der Waals surface area contributed by atoms with Gasteiger partial charge in [0.05, 0.1) is 12.2 Å². The smallest absolute Gasteiger partial charge is 0.246 e. The third-order valence-electron chi connectivity index (χ3n) is 6.09. The molecule has 1 aromatic carbocycles. The van der Waals surface area contributed by atoms with E-state index >= 15 is 0 Å². The van der Waals surface area contributed by atoms with Crippen molar-refractivity contribution in [3.8, 4) is 0 Å². The molecule has 5 rings (SSSR count). The summed E-state index contributed by atoms with van der Waals surface area (Å²) in [6, 6.07) is 10.1. The minimum Gasteiger partial charge on any atom is -0.384 e. The molecule has 1 saturated heterocycles. The topological polar surface area (TPSA) is 91.5 Å². The van der Waals surface area contributed by atoms with Crippen molar-refractivity contribution >= 4 is 34.1 Å². The zero-order valence-corrected chi connectivity index (χ0v) is 17.4. The van der Waals surface area contributed by atoms with E-state index in [0.29, 0.717) is 25.5 Å². The number of hydrogen-bond acceptors (Lipinski definition) is 7. The van der Waals surface area contributed by atoms with E-state index in [1.54, 1.807) is 6.33 Å². The molecule has 0 saturated carbocycles. The van der Waals surface area contributed by atoms with Gasteiger partial charge in [-0.3, -0.25) is 4.79 Å². The number of nitrogen functional groups attached to an aromatic ring is 1. The molecule has 1 fully saturated rings. The highest BCUT2D eigenvalue weighted by Crippen LogP contribution is 2.32. The van der Waals surface area contributed by atoms with Gasteiger partial charge in [-0.15, -0.1) is 0 Å². The molecular formula is C23H25N7O. The molecule has 0 atom stereocenters. The van der Waals surface area contributed by atoms with Crippen LogP contribution < -0.4 is 15.5 Å². The second kappa shape index (κ2) is 7.86. The van der Waals surface area contributed by atoms with E-state index in [0.717, 1.165) is 54.2 Å². The SMILES string of the molecule is C=CC(=O)N1CCN(c2ncnc3c2CCN(c2nc(N)cc4ccccc24)C3)CC1. The van der Waals surface area contributed by atoms with Gasteiger partial charge in [-0.05, 0) is 23.9 Å². The number of pyridine rings is 1. The molecule has 8 nitrogen and oxygen atoms in total. The number of carbonyl (C=O) groups excluding carboxylic acids is 1. The number of aromatic nitrogens is 3. The number of carbonyl (C=O) groups is 1. The molecule has 0 spiro atoms. The predicted molar refractivity (Wildman–Crippen MR) is 122 cm³/mol. The molecule has 2 N–H and O–H groups in total. The average molecular weight is 416 g/mol. The molecule has 0 aliphatic carbocycles. The zero-order chi connectivity index (χ0) is 21.4. The van der Waals surface area contributed by atoms with Gasteiger partial charge in [0.1, 0.15) is 23.8 Å². The highest BCUT2D eigenvalue weighted by molar-refractivity contribution is 5.94. The lowest BCUT2D eigenvalue weighted by molar-refractivity contribution is -0.126. The Kier molecular flexibility index (Phi) is 4.89. The van der Waals surface area contributed by atoms with E-state index in [1.807, 2.05) is 23.1 Å². The Labute approximate surface area is 181 Å². The van der Waals surface area contributed by atoms with Crippen LogP contribution in [0.4, 0.5) is 17.5 Å². The Balaban J connectivity index is 1.40. The van der Waals surface area contributed by atoms with Crippen LogP contribution in [-0.2, 0) is 17.8 Å². The quantitative estimate of drug-likeness (QED) is 0.654. The fourth-order valence-corrected chi connectivity index (χ4v) is 4.50. The van der Waals surface area contributed by atoms with Crippen molar-refractivity contribution in [1.82, 2.24) is 19.9 Å². The molecule has 1 amide bonds. The van der Waals surface area contributed by atoms with E-state index in [1.165, 1.54) is 11.6 Å². The van der Waals surface area contributed by atoms with Crippen LogP contribution in [-0.4, -0.2) is 58.5 Å². The number of piperazine rings is 1. The maximum atomic E-state index is 11.9. The van der Waals surface area contributed by atoms with Gasteiger partial charge in [-0.2, -0.15) is 0 Å². The largest absolute Gasteiger partial charge is 0.384 e. The van der Waals surface area contributed by atoms with E-state index in [2.05, 4.69) is 43.5 Å². The normalized spacial score (nSPS) is 16.3. The van der Waals surface area contributed by atoms with E-state index in [-0.39, 0.29) is 5.91 Å². The van der Waals surface area contributed by atoms with Crippen LogP contribution in [0.3, 0.4) is 0 Å². The first-order valence-electron chi connectivity index (χ1n) is 10.5. The standard InChI is InChI=1S/C23H25N7O/c1-2-21(31)28-9-11-29(12-10-28)22-18-7-8-30(14-19(18)25-15-26-22)23-17-6-4-3-5-16(17)13-20(24)27-23/h2-6,13,15H,1,7-12,14H2,(H2,24,27). The van der Waals surface area contributed by atoms with Gasteiger partial charge in [0, 0.05) is 43.7 Å². The molecule has 2 aliphatic rings. The average Bonchev–Trinajstić information content (AvgIpc) is 2.82. The molecule has 8 heteroatoms. The number of anilines is 3. The summed E-state index contributed by atoms with van der Waals surface area (Å²) in [5.74, 6) is 2.40. The van der Waals surface area contributed by atoms with Gasteiger partial charge in [0.2, 0.25) is 5.91 Å². The van der Waals surface area contributed by atoms with Crippen LogP contribution in [0, 0.1) is 0 Å². The summed E-state index contributed by atoms with van der Waals surface area (Å²) < 4.78 is 0. The Morgan fingerprint density at radius 1 is 1.03 bits per heavy atom. The highest BCUT2D eigenvalue weighted by atomic mass is 16.2. The lowest BCUT2D eigenvalue weighted by Gasteiger charge is -2.37. The molecule has 31 heavy (non-hydrogen) atoms. The summed E-state index contributed by atoms with van der Waals surface area (Å²) >= 11 is 0. The van der Waals surface area contributed by atoms with Crippen molar-refractivity contribution in [1.29, 1.82) is 0 Å². The summed E-state index contributed by atoms with van der Waals surface area (Å²) in [7, 11) is 0. The maximum absolute atomic E-state index is 11.9. The van der Waals surface area contributed by atoms with Crippen molar-refractivity contribution < 1.29 is 4.79 Å². The van der Waals surface area contributed by atoms with Crippen LogP contribution in [0.15, 0.2) is 49.3 Å². The minimum absolute atomic E-state index is 0.0122. The van der Waals surface area contributed by atoms with Gasteiger partial charge >= 0.3 is 0 Å². The summed E-state index contributed by atoms with van der Waals surface area (Å²) in [6.07, 6.45) is 3.86. The minimum atomic E-state index is -0.0122. The van der Waals surface area contributed by atoms with Crippen LogP contribution in [0.5, 0.6) is 0 Å². The maximum Gasteiger partial charge on any atom is 0.246 e. The molecule has 158 valence electrons. The van der Waals surface area contributed by atoms with Crippen molar-refractivity contribution in [3.63, 3.8) is 0 Å². The highest BCUT2D eigenvalue weighted by Gasteiger charge is 2.27. The Morgan fingerprint density at radius 3 is 2.65 bits per heavy atom. The Bertz CT molecular complexity index is 1150. The van der Waals surface area contributed by atoms with Crippen molar-refractivity contribution in [2.45, 2.75) is 13.0 Å². The molecule has 0 unspecified atom stereocenters. The number of nitrogens with zero attached hydrogens (tertiary/aromatic N) is 6. The van der Waals surface area contributed by atoms with Crippen molar-refractivity contribution in [2.75, 3.05) is 48.3 Å². The van der Waals surface area contributed by atoms with Gasteiger partial charge in [-0.25, -0.2) is 15.0 Å². The van der Waals surface area contributed by atoms with Gasteiger partial charge in [0.15, 0.2) is 0 Å². The second-order valence-corrected chi connectivity index (χ2v) is 7.90. The third kappa shape index (κ3) is 3.54. The molecule has 4 heterocycles. The second-order valence-electron chi connectivity index (χ2n) is 7.90. The predicted octanol–water partition coefficient (Wildman–Crippen LogP) is 2.00. The van der Waals surface area contributed by atoms with Crippen LogP contribution in [0.2, 0.25) is 0 Å². The fourth-order valence-electron chi connectivity index (χ4n) is 4.50. The number of hydrogen-bond donors (Lipinski definition) is 1. The number of fused-ring (bicyclic) bond motifs is 2. The molecule has 0 bridgehead atoms. The van der Waals surface area contributed by atoms with Crippen molar-refractivity contribution in [3.05, 3.63) is 60.6 Å². The summed E-state index contributed by atoms with van der Waals surface area (Å²) in [4.78, 5) is 32.1. The first-order valence-corrected chi connectivity index (χ1v) is 10.5. The number of amides is 1. The summed E-state index contributed by atoms with van der Waals surface area (Å²) in [6.45, 7) is 7.94. The summed E-state index contributed by atoms with van der Waals surface area (Å²) in [5.41, 5.74) is 8.30. The number of rotatable bonds is 3. The van der Waals surface area contributed by atoms with E-state index in [9.17, 15) is 4.79 Å². The van der Waals surface area contributed by atoms with Gasteiger partial charge in [-0.1, -0.05) is 30.8 Å². The Morgan fingerprint density at radius 2 is 1.84 bits per heavy atom. The molecule has 0 radical (unpaired) electrons. The molecular weight excluding hydrogens is 390 g/mol. The monoisotopic (exact) mass is 415 g/mol. The lowest BCUT2D eigenvalue weighted by atomic mass is 10.0. The van der Waals surface area contributed by atoms with Crippen molar-refractivity contribution in [2.24, 2.45) is 0 Å². The molecule has 3 aromatic rings. The fraction of sp³-hybridized carbons (Fsp3) is 0.304. The van der Waals surface area contributed by atoms with Gasteiger partial charge < -0.3 is 20.4 Å². The molecule has 2 aliphatic heterocycles. The van der Waals surface area contributed by atoms with Crippen LogP contribution in [0.1, 0.15) is 11.3 Å². The van der Waals surface area contributed by atoms with E-state index < -0.39 is 0 Å². The first-order chi connectivity index (χ1) is 15.1. The lowest BCUT2D eigenvalue weighted by Crippen LogP contribution is -2.49. The van der Waals surface area contributed by atoms with Crippen LogP contribution in [0.25, 0.3) is 10.8 Å². The third-order valence-corrected chi connectivity index (χ3v) is 6.09.